The van der Waals surface area contributed by atoms with Crippen molar-refractivity contribution in [1.29, 1.82) is 0 Å². The number of anilines is 1. The van der Waals surface area contributed by atoms with Crippen LogP contribution in [0.4, 0.5) is 14.9 Å². The first-order valence-electron chi connectivity index (χ1n) is 5.40. The molecule has 98 valence electrons. The van der Waals surface area contributed by atoms with Gasteiger partial charge in [-0.1, -0.05) is 6.07 Å². The summed E-state index contributed by atoms with van der Waals surface area (Å²) in [7, 11) is 1.45. The maximum Gasteiger partial charge on any atom is 0.321 e. The predicted octanol–water partition coefficient (Wildman–Crippen LogP) is 2.07. The molecule has 0 heterocycles. The highest BCUT2D eigenvalue weighted by molar-refractivity contribution is 5.89. The summed E-state index contributed by atoms with van der Waals surface area (Å²) in [6, 6.07) is 3.83. The fourth-order valence-corrected chi connectivity index (χ4v) is 1.31. The van der Waals surface area contributed by atoms with Gasteiger partial charge in [0.15, 0.2) is 0 Å². The lowest BCUT2D eigenvalue weighted by Crippen LogP contribution is -2.33. The predicted molar refractivity (Wildman–Crippen MR) is 65.0 cm³/mol. The summed E-state index contributed by atoms with van der Waals surface area (Å²) in [5.74, 6) is -1.52. The zero-order valence-corrected chi connectivity index (χ0v) is 10.2. The molecule has 1 rings (SSSR count). The fraction of sp³-hybridized carbons (Fsp3) is 0.333. The van der Waals surface area contributed by atoms with Crippen molar-refractivity contribution in [2.24, 2.45) is 0 Å². The maximum atomic E-state index is 13.4. The molecule has 0 saturated heterocycles. The molecule has 0 aliphatic heterocycles. The summed E-state index contributed by atoms with van der Waals surface area (Å²) in [5, 5.41) is 10.9. The van der Waals surface area contributed by atoms with Crippen molar-refractivity contribution in [3.8, 4) is 0 Å². The summed E-state index contributed by atoms with van der Waals surface area (Å²) in [6.07, 6.45) is -0.153. The number of nitrogens with one attached hydrogen (secondary N) is 1. The van der Waals surface area contributed by atoms with Gasteiger partial charge in [0.1, 0.15) is 5.82 Å². The van der Waals surface area contributed by atoms with Crippen LogP contribution in [0.2, 0.25) is 0 Å². The van der Waals surface area contributed by atoms with E-state index in [1.807, 2.05) is 0 Å². The number of urea groups is 1. The Labute approximate surface area is 104 Å². The number of hydrogen-bond acceptors (Lipinski definition) is 2. The normalized spacial score (nSPS) is 9.94. The number of carboxylic acid groups (broad SMARTS) is 1. The van der Waals surface area contributed by atoms with Gasteiger partial charge in [-0.2, -0.15) is 0 Å². The summed E-state index contributed by atoms with van der Waals surface area (Å²) < 4.78 is 13.4. The van der Waals surface area contributed by atoms with Crippen molar-refractivity contribution in [2.45, 2.75) is 13.3 Å². The monoisotopic (exact) mass is 254 g/mol. The minimum absolute atomic E-state index is 0.0641. The Kier molecular flexibility index (Phi) is 4.65. The van der Waals surface area contributed by atoms with E-state index in [4.69, 9.17) is 5.11 Å². The molecule has 0 atom stereocenters. The number of benzene rings is 1. The van der Waals surface area contributed by atoms with Crippen molar-refractivity contribution in [3.63, 3.8) is 0 Å². The smallest absolute Gasteiger partial charge is 0.321 e. The van der Waals surface area contributed by atoms with Crippen molar-refractivity contribution >= 4 is 17.7 Å². The van der Waals surface area contributed by atoms with Gasteiger partial charge in [-0.3, -0.25) is 4.79 Å². The van der Waals surface area contributed by atoms with E-state index in [9.17, 15) is 14.0 Å². The van der Waals surface area contributed by atoms with Gasteiger partial charge in [-0.05, 0) is 24.6 Å². The molecule has 0 aliphatic carbocycles. The first-order chi connectivity index (χ1) is 8.40. The third-order valence-electron chi connectivity index (χ3n) is 2.37. The Bertz CT molecular complexity index is 463. The number of halogens is 1. The van der Waals surface area contributed by atoms with E-state index >= 15 is 0 Å². The summed E-state index contributed by atoms with van der Waals surface area (Å²) in [4.78, 5) is 23.2. The van der Waals surface area contributed by atoms with Crippen LogP contribution in [0.25, 0.3) is 0 Å². The van der Waals surface area contributed by atoms with Crippen LogP contribution in [0.3, 0.4) is 0 Å². The van der Waals surface area contributed by atoms with Gasteiger partial charge >= 0.3 is 12.0 Å². The average molecular weight is 254 g/mol. The van der Waals surface area contributed by atoms with Gasteiger partial charge in [-0.25, -0.2) is 9.18 Å². The first-order valence-corrected chi connectivity index (χ1v) is 5.40. The second-order valence-electron chi connectivity index (χ2n) is 3.98. The number of amides is 2. The lowest BCUT2D eigenvalue weighted by atomic mass is 10.2. The highest BCUT2D eigenvalue weighted by atomic mass is 19.1. The molecule has 1 aromatic carbocycles. The Morgan fingerprint density at radius 1 is 1.44 bits per heavy atom. The van der Waals surface area contributed by atoms with E-state index < -0.39 is 17.8 Å². The number of hydrogen-bond donors (Lipinski definition) is 2. The standard InChI is InChI=1S/C12H15FN2O3/c1-8-3-4-9(13)10(7-8)14-12(18)15(2)6-5-11(16)17/h3-4,7H,5-6H2,1-2H3,(H,14,18)(H,16,17). The summed E-state index contributed by atoms with van der Waals surface area (Å²) in [6.45, 7) is 1.85. The molecular weight excluding hydrogens is 239 g/mol. The number of carboxylic acids is 1. The number of carbonyl (C=O) groups is 2. The Morgan fingerprint density at radius 3 is 2.72 bits per heavy atom. The number of carbonyl (C=O) groups excluding carboxylic acids is 1. The highest BCUT2D eigenvalue weighted by Gasteiger charge is 2.12. The van der Waals surface area contributed by atoms with E-state index in [1.54, 1.807) is 13.0 Å². The van der Waals surface area contributed by atoms with Crippen LogP contribution in [0.5, 0.6) is 0 Å². The van der Waals surface area contributed by atoms with Crippen LogP contribution < -0.4 is 5.32 Å². The van der Waals surface area contributed by atoms with Gasteiger partial charge in [-0.15, -0.1) is 0 Å². The molecule has 0 fully saturated rings. The minimum Gasteiger partial charge on any atom is -0.481 e. The van der Waals surface area contributed by atoms with E-state index in [2.05, 4.69) is 5.32 Å². The molecule has 5 nitrogen and oxygen atoms in total. The van der Waals surface area contributed by atoms with Crippen molar-refractivity contribution in [2.75, 3.05) is 18.9 Å². The topological polar surface area (TPSA) is 69.6 Å². The van der Waals surface area contributed by atoms with Crippen molar-refractivity contribution < 1.29 is 19.1 Å². The summed E-state index contributed by atoms with van der Waals surface area (Å²) >= 11 is 0. The lowest BCUT2D eigenvalue weighted by Gasteiger charge is -2.17. The van der Waals surface area contributed by atoms with Crippen LogP contribution in [-0.2, 0) is 4.79 Å². The molecule has 18 heavy (non-hydrogen) atoms. The molecule has 0 bridgehead atoms. The molecule has 2 amide bonds. The molecule has 0 unspecified atom stereocenters. The Morgan fingerprint density at radius 2 is 2.11 bits per heavy atom. The second kappa shape index (κ2) is 6.00. The van der Waals surface area contributed by atoms with E-state index in [1.165, 1.54) is 24.1 Å². The SMILES string of the molecule is Cc1ccc(F)c(NC(=O)N(C)CCC(=O)O)c1. The average Bonchev–Trinajstić information content (AvgIpc) is 2.30. The van der Waals surface area contributed by atoms with Crippen LogP contribution in [-0.4, -0.2) is 35.6 Å². The molecule has 0 radical (unpaired) electrons. The fourth-order valence-electron chi connectivity index (χ4n) is 1.31. The van der Waals surface area contributed by atoms with Crippen molar-refractivity contribution in [1.82, 2.24) is 4.90 Å². The molecule has 6 heteroatoms. The molecular formula is C12H15FN2O3. The van der Waals surface area contributed by atoms with Crippen LogP contribution in [0.15, 0.2) is 18.2 Å². The van der Waals surface area contributed by atoms with E-state index in [0.29, 0.717) is 0 Å². The third kappa shape index (κ3) is 4.04. The molecule has 0 aliphatic rings. The Hall–Kier alpha value is -2.11. The van der Waals surface area contributed by atoms with Gasteiger partial charge in [0.2, 0.25) is 0 Å². The summed E-state index contributed by atoms with van der Waals surface area (Å²) in [5.41, 5.74) is 0.905. The maximum absolute atomic E-state index is 13.4. The van der Waals surface area contributed by atoms with E-state index in [0.717, 1.165) is 5.56 Å². The largest absolute Gasteiger partial charge is 0.481 e. The molecule has 0 spiro atoms. The Balaban J connectivity index is 2.63. The number of aryl methyl sites for hydroxylation is 1. The third-order valence-corrected chi connectivity index (χ3v) is 2.37. The number of rotatable bonds is 4. The van der Waals surface area contributed by atoms with Crippen molar-refractivity contribution in [3.05, 3.63) is 29.6 Å². The minimum atomic E-state index is -0.989. The number of aliphatic carboxylic acids is 1. The van der Waals surface area contributed by atoms with Gasteiger partial charge in [0.05, 0.1) is 12.1 Å². The first kappa shape index (κ1) is 14.0. The van der Waals surface area contributed by atoms with Gasteiger partial charge < -0.3 is 15.3 Å². The molecule has 0 aromatic heterocycles. The number of nitrogens with zero attached hydrogens (tertiary/aromatic N) is 1. The zero-order chi connectivity index (χ0) is 13.7. The van der Waals surface area contributed by atoms with Crippen LogP contribution in [0, 0.1) is 12.7 Å². The molecule has 0 saturated carbocycles. The molecule has 2 N–H and O–H groups in total. The second-order valence-corrected chi connectivity index (χ2v) is 3.98. The van der Waals surface area contributed by atoms with E-state index in [-0.39, 0.29) is 18.7 Å². The lowest BCUT2D eigenvalue weighted by molar-refractivity contribution is -0.137. The van der Waals surface area contributed by atoms with Gasteiger partial charge in [0.25, 0.3) is 0 Å². The van der Waals surface area contributed by atoms with Gasteiger partial charge in [0, 0.05) is 13.6 Å². The zero-order valence-electron chi connectivity index (χ0n) is 10.2. The highest BCUT2D eigenvalue weighted by Crippen LogP contribution is 2.15. The molecule has 1 aromatic rings. The van der Waals surface area contributed by atoms with Crippen LogP contribution in [0.1, 0.15) is 12.0 Å². The quantitative estimate of drug-likeness (QED) is 0.864. The van der Waals surface area contributed by atoms with Crippen LogP contribution >= 0.6 is 0 Å².